The minimum absolute atomic E-state index is 0.229. The number of aliphatic carboxylic acids is 1. The van der Waals surface area contributed by atoms with Crippen molar-refractivity contribution in [1.29, 1.82) is 0 Å². The molecule has 0 saturated carbocycles. The van der Waals surface area contributed by atoms with Gasteiger partial charge in [-0.2, -0.15) is 4.72 Å². The Bertz CT molecular complexity index is 574. The predicted molar refractivity (Wildman–Crippen MR) is 61.6 cm³/mol. The van der Waals surface area contributed by atoms with E-state index in [1.165, 1.54) is 0 Å². The van der Waals surface area contributed by atoms with Crippen molar-refractivity contribution < 1.29 is 22.7 Å². The molecule has 0 aliphatic rings. The standard InChI is InChI=1S/C11H10FNO4S/c1-2-3-10(11(14)15)13-18(16,17)9-6-4-8(12)5-7-9/h1,4-7,10,13H,3H2,(H,14,15). The molecule has 7 heteroatoms. The molecule has 1 unspecified atom stereocenters. The molecule has 0 aliphatic carbocycles. The molecule has 0 saturated heterocycles. The van der Waals surface area contributed by atoms with Crippen LogP contribution in [0.2, 0.25) is 0 Å². The number of carbonyl (C=O) groups is 1. The summed E-state index contributed by atoms with van der Waals surface area (Å²) in [6, 6.07) is 2.58. The SMILES string of the molecule is C#CCC(NS(=O)(=O)c1ccc(F)cc1)C(=O)O. The number of sulfonamides is 1. The number of hydrogen-bond donors (Lipinski definition) is 2. The molecular formula is C11H10FNO4S. The first kappa shape index (κ1) is 14.2. The highest BCUT2D eigenvalue weighted by molar-refractivity contribution is 7.89. The first-order valence-corrected chi connectivity index (χ1v) is 6.29. The van der Waals surface area contributed by atoms with Crippen LogP contribution in [0.4, 0.5) is 4.39 Å². The lowest BCUT2D eigenvalue weighted by molar-refractivity contribution is -0.138. The number of benzene rings is 1. The highest BCUT2D eigenvalue weighted by atomic mass is 32.2. The molecule has 0 amide bonds. The molecular weight excluding hydrogens is 261 g/mol. The summed E-state index contributed by atoms with van der Waals surface area (Å²) in [4.78, 5) is 10.5. The van der Waals surface area contributed by atoms with Crippen molar-refractivity contribution in [2.45, 2.75) is 17.4 Å². The summed E-state index contributed by atoms with van der Waals surface area (Å²) < 4.78 is 38.1. The van der Waals surface area contributed by atoms with E-state index < -0.39 is 27.9 Å². The smallest absolute Gasteiger partial charge is 0.322 e. The predicted octanol–water partition coefficient (Wildman–Crippen LogP) is 0.581. The molecule has 1 rings (SSSR count). The van der Waals surface area contributed by atoms with Crippen molar-refractivity contribution in [3.8, 4) is 12.3 Å². The highest BCUT2D eigenvalue weighted by Crippen LogP contribution is 2.10. The van der Waals surface area contributed by atoms with Gasteiger partial charge in [0.15, 0.2) is 0 Å². The van der Waals surface area contributed by atoms with Crippen LogP contribution in [0, 0.1) is 18.2 Å². The molecule has 1 aromatic rings. The third-order valence-corrected chi connectivity index (χ3v) is 3.53. The lowest BCUT2D eigenvalue weighted by Crippen LogP contribution is -2.40. The largest absolute Gasteiger partial charge is 0.480 e. The molecule has 0 bridgehead atoms. The van der Waals surface area contributed by atoms with Gasteiger partial charge in [0.05, 0.1) is 4.90 Å². The number of halogens is 1. The van der Waals surface area contributed by atoms with Crippen LogP contribution in [0.5, 0.6) is 0 Å². The van der Waals surface area contributed by atoms with Crippen LogP contribution in [0.25, 0.3) is 0 Å². The number of nitrogens with one attached hydrogen (secondary N) is 1. The molecule has 18 heavy (non-hydrogen) atoms. The van der Waals surface area contributed by atoms with E-state index in [2.05, 4.69) is 5.92 Å². The van der Waals surface area contributed by atoms with E-state index >= 15 is 0 Å². The van der Waals surface area contributed by atoms with Gasteiger partial charge in [-0.15, -0.1) is 12.3 Å². The number of terminal acetylenes is 1. The maximum absolute atomic E-state index is 12.7. The van der Waals surface area contributed by atoms with Crippen molar-refractivity contribution in [2.24, 2.45) is 0 Å². The van der Waals surface area contributed by atoms with Gasteiger partial charge in [0.2, 0.25) is 10.0 Å². The summed E-state index contributed by atoms with van der Waals surface area (Å²) >= 11 is 0. The number of carboxylic acids is 1. The molecule has 0 heterocycles. The molecule has 0 aliphatic heterocycles. The first-order valence-electron chi connectivity index (χ1n) is 4.81. The second kappa shape index (κ2) is 5.62. The van der Waals surface area contributed by atoms with Crippen LogP contribution >= 0.6 is 0 Å². The molecule has 2 N–H and O–H groups in total. The minimum atomic E-state index is -4.04. The molecule has 0 aromatic heterocycles. The summed E-state index contributed by atoms with van der Waals surface area (Å²) in [5.41, 5.74) is 0. The number of carboxylic acid groups (broad SMARTS) is 1. The van der Waals surface area contributed by atoms with Gasteiger partial charge in [-0.1, -0.05) is 0 Å². The third-order valence-electron chi connectivity index (χ3n) is 2.04. The van der Waals surface area contributed by atoms with Crippen LogP contribution in [-0.4, -0.2) is 25.5 Å². The average molecular weight is 271 g/mol. The van der Waals surface area contributed by atoms with Gasteiger partial charge in [0.25, 0.3) is 0 Å². The van der Waals surface area contributed by atoms with Crippen LogP contribution in [0.3, 0.4) is 0 Å². The minimum Gasteiger partial charge on any atom is -0.480 e. The molecule has 1 atom stereocenters. The van der Waals surface area contributed by atoms with E-state index in [0.717, 1.165) is 24.3 Å². The van der Waals surface area contributed by atoms with E-state index in [1.54, 1.807) is 0 Å². The Labute approximate surface area is 104 Å². The summed E-state index contributed by atoms with van der Waals surface area (Å²) in [6.45, 7) is 0. The van der Waals surface area contributed by atoms with E-state index in [0.29, 0.717) is 0 Å². The maximum Gasteiger partial charge on any atom is 0.322 e. The van der Waals surface area contributed by atoms with Crippen LogP contribution < -0.4 is 4.72 Å². The van der Waals surface area contributed by atoms with Crippen molar-refractivity contribution in [1.82, 2.24) is 4.72 Å². The fourth-order valence-corrected chi connectivity index (χ4v) is 2.36. The average Bonchev–Trinajstić information content (AvgIpc) is 2.28. The normalized spacial score (nSPS) is 12.7. The zero-order valence-corrected chi connectivity index (χ0v) is 9.95. The van der Waals surface area contributed by atoms with Crippen molar-refractivity contribution in [3.63, 3.8) is 0 Å². The lowest BCUT2D eigenvalue weighted by atomic mass is 10.2. The lowest BCUT2D eigenvalue weighted by Gasteiger charge is -2.12. The van der Waals surface area contributed by atoms with Gasteiger partial charge in [-0.3, -0.25) is 4.79 Å². The van der Waals surface area contributed by atoms with Gasteiger partial charge in [-0.25, -0.2) is 12.8 Å². The molecule has 0 spiro atoms. The van der Waals surface area contributed by atoms with E-state index in [9.17, 15) is 17.6 Å². The number of rotatable bonds is 5. The van der Waals surface area contributed by atoms with Gasteiger partial charge in [0, 0.05) is 6.42 Å². The zero-order valence-electron chi connectivity index (χ0n) is 9.13. The summed E-state index contributed by atoms with van der Waals surface area (Å²) in [7, 11) is -4.04. The third kappa shape index (κ3) is 3.55. The van der Waals surface area contributed by atoms with E-state index in [4.69, 9.17) is 11.5 Å². The van der Waals surface area contributed by atoms with Crippen LogP contribution in [0.1, 0.15) is 6.42 Å². The van der Waals surface area contributed by atoms with Gasteiger partial charge in [0.1, 0.15) is 11.9 Å². The fraction of sp³-hybridized carbons (Fsp3) is 0.182. The molecule has 0 radical (unpaired) electrons. The second-order valence-electron chi connectivity index (χ2n) is 3.37. The topological polar surface area (TPSA) is 83.5 Å². The monoisotopic (exact) mass is 271 g/mol. The summed E-state index contributed by atoms with van der Waals surface area (Å²) in [5, 5.41) is 8.78. The van der Waals surface area contributed by atoms with Crippen LogP contribution in [0.15, 0.2) is 29.2 Å². The van der Waals surface area contributed by atoms with Crippen molar-refractivity contribution in [2.75, 3.05) is 0 Å². The Morgan fingerprint density at radius 2 is 2.00 bits per heavy atom. The van der Waals surface area contributed by atoms with Crippen molar-refractivity contribution in [3.05, 3.63) is 30.1 Å². The quantitative estimate of drug-likeness (QED) is 0.767. The molecule has 96 valence electrons. The summed E-state index contributed by atoms with van der Waals surface area (Å²) in [6.07, 6.45) is 4.66. The molecule has 5 nitrogen and oxygen atoms in total. The highest BCUT2D eigenvalue weighted by Gasteiger charge is 2.24. The molecule has 0 fully saturated rings. The van der Waals surface area contributed by atoms with E-state index in [-0.39, 0.29) is 11.3 Å². The Balaban J connectivity index is 2.97. The van der Waals surface area contributed by atoms with Crippen molar-refractivity contribution >= 4 is 16.0 Å². The van der Waals surface area contributed by atoms with Crippen LogP contribution in [-0.2, 0) is 14.8 Å². The second-order valence-corrected chi connectivity index (χ2v) is 5.09. The number of hydrogen-bond acceptors (Lipinski definition) is 3. The fourth-order valence-electron chi connectivity index (χ4n) is 1.17. The Morgan fingerprint density at radius 3 is 2.44 bits per heavy atom. The Kier molecular flexibility index (Phi) is 4.42. The van der Waals surface area contributed by atoms with Gasteiger partial charge < -0.3 is 5.11 Å². The Morgan fingerprint density at radius 1 is 1.44 bits per heavy atom. The summed E-state index contributed by atoms with van der Waals surface area (Å²) in [5.74, 6) is 0.0978. The zero-order chi connectivity index (χ0) is 13.8. The van der Waals surface area contributed by atoms with E-state index in [1.807, 2.05) is 4.72 Å². The maximum atomic E-state index is 12.7. The van der Waals surface area contributed by atoms with Gasteiger partial charge >= 0.3 is 5.97 Å². The molecule has 1 aromatic carbocycles. The van der Waals surface area contributed by atoms with Gasteiger partial charge in [-0.05, 0) is 24.3 Å². The Hall–Kier alpha value is -1.91. The first-order chi connectivity index (χ1) is 8.36.